The Labute approximate surface area is 195 Å². The Bertz CT molecular complexity index is 1170. The van der Waals surface area contributed by atoms with Crippen molar-refractivity contribution in [1.82, 2.24) is 5.32 Å². The van der Waals surface area contributed by atoms with Gasteiger partial charge in [0.05, 0.1) is 17.3 Å². The van der Waals surface area contributed by atoms with Crippen LogP contribution in [-0.2, 0) is 4.74 Å². The number of aryl methyl sites for hydroxylation is 1. The highest BCUT2D eigenvalue weighted by Gasteiger charge is 2.18. The van der Waals surface area contributed by atoms with Crippen LogP contribution in [0.1, 0.15) is 31.8 Å². The quantitative estimate of drug-likeness (QED) is 0.320. The maximum absolute atomic E-state index is 14.0. The van der Waals surface area contributed by atoms with Crippen molar-refractivity contribution < 1.29 is 18.7 Å². The summed E-state index contributed by atoms with van der Waals surface area (Å²) >= 11 is 12.2. The van der Waals surface area contributed by atoms with Gasteiger partial charge in [0.2, 0.25) is 0 Å². The third-order valence-corrected chi connectivity index (χ3v) is 5.31. The predicted molar refractivity (Wildman–Crippen MR) is 125 cm³/mol. The minimum atomic E-state index is -0.509. The van der Waals surface area contributed by atoms with Crippen LogP contribution in [0.3, 0.4) is 0 Å². The van der Waals surface area contributed by atoms with Crippen LogP contribution in [-0.4, -0.2) is 32.0 Å². The first-order valence-electron chi connectivity index (χ1n) is 9.74. The molecule has 0 aromatic heterocycles. The molecule has 166 valence electrons. The summed E-state index contributed by atoms with van der Waals surface area (Å²) in [6.07, 6.45) is 0. The standard InChI is InChI=1S/C24H21Cl2FN2O3/c1-14-3-4-15(24(31)28-9-10-32-2)11-19(14)23(30)18-7-6-17(13-20(18)26)29-22-8-5-16(25)12-21(22)27/h3-8,11-13,29H,9-10H2,1-2H3,(H,28,31). The van der Waals surface area contributed by atoms with Crippen molar-refractivity contribution in [2.75, 3.05) is 25.6 Å². The maximum Gasteiger partial charge on any atom is 0.251 e. The lowest BCUT2D eigenvalue weighted by atomic mass is 9.96. The highest BCUT2D eigenvalue weighted by atomic mass is 35.5. The van der Waals surface area contributed by atoms with Crippen molar-refractivity contribution in [3.05, 3.63) is 92.7 Å². The second-order valence-corrected chi connectivity index (χ2v) is 7.89. The van der Waals surface area contributed by atoms with E-state index in [0.717, 1.165) is 0 Å². The number of halogens is 3. The lowest BCUT2D eigenvalue weighted by Gasteiger charge is -2.12. The zero-order chi connectivity index (χ0) is 23.3. The van der Waals surface area contributed by atoms with Gasteiger partial charge in [0.15, 0.2) is 5.78 Å². The molecule has 3 aromatic carbocycles. The number of carbonyl (C=O) groups excluding carboxylic acids is 2. The molecule has 0 aliphatic carbocycles. The van der Waals surface area contributed by atoms with Gasteiger partial charge in [0.25, 0.3) is 5.91 Å². The second kappa shape index (κ2) is 10.6. The minimum absolute atomic E-state index is 0.198. The molecule has 0 radical (unpaired) electrons. The molecule has 0 saturated carbocycles. The van der Waals surface area contributed by atoms with Crippen molar-refractivity contribution in [2.24, 2.45) is 0 Å². The first kappa shape index (κ1) is 23.7. The Kier molecular flexibility index (Phi) is 7.85. The van der Waals surface area contributed by atoms with Crippen molar-refractivity contribution in [2.45, 2.75) is 6.92 Å². The van der Waals surface area contributed by atoms with Gasteiger partial charge >= 0.3 is 0 Å². The topological polar surface area (TPSA) is 67.4 Å². The molecule has 32 heavy (non-hydrogen) atoms. The van der Waals surface area contributed by atoms with Crippen LogP contribution >= 0.6 is 23.2 Å². The lowest BCUT2D eigenvalue weighted by molar-refractivity contribution is 0.0937. The van der Waals surface area contributed by atoms with Crippen molar-refractivity contribution in [3.63, 3.8) is 0 Å². The Balaban J connectivity index is 1.83. The molecular weight excluding hydrogens is 454 g/mol. The fraction of sp³-hybridized carbons (Fsp3) is 0.167. The summed E-state index contributed by atoms with van der Waals surface area (Å²) in [5.41, 5.74) is 2.46. The number of ether oxygens (including phenoxy) is 1. The summed E-state index contributed by atoms with van der Waals surface area (Å²) < 4.78 is 19.0. The van der Waals surface area contributed by atoms with E-state index in [0.29, 0.717) is 35.5 Å². The van der Waals surface area contributed by atoms with Gasteiger partial charge in [-0.25, -0.2) is 4.39 Å². The van der Waals surface area contributed by atoms with Crippen molar-refractivity contribution in [1.29, 1.82) is 0 Å². The number of carbonyl (C=O) groups is 2. The molecule has 0 bridgehead atoms. The largest absolute Gasteiger partial charge is 0.383 e. The van der Waals surface area contributed by atoms with E-state index in [1.165, 1.54) is 12.1 Å². The average Bonchev–Trinajstić information content (AvgIpc) is 2.76. The third-order valence-electron chi connectivity index (χ3n) is 4.76. The first-order valence-corrected chi connectivity index (χ1v) is 10.5. The number of nitrogens with one attached hydrogen (secondary N) is 2. The van der Waals surface area contributed by atoms with Gasteiger partial charge in [-0.05, 0) is 61.0 Å². The van der Waals surface area contributed by atoms with Crippen LogP contribution in [0.5, 0.6) is 0 Å². The maximum atomic E-state index is 14.0. The molecule has 0 aliphatic heterocycles. The molecule has 2 N–H and O–H groups in total. The molecule has 0 fully saturated rings. The fourth-order valence-electron chi connectivity index (χ4n) is 3.04. The van der Waals surface area contributed by atoms with Gasteiger partial charge in [-0.2, -0.15) is 0 Å². The monoisotopic (exact) mass is 474 g/mol. The van der Waals surface area contributed by atoms with Gasteiger partial charge in [-0.1, -0.05) is 29.3 Å². The van der Waals surface area contributed by atoms with Gasteiger partial charge in [0.1, 0.15) is 5.82 Å². The molecular formula is C24H21Cl2FN2O3. The summed E-state index contributed by atoms with van der Waals surface area (Å²) in [6.45, 7) is 2.53. The minimum Gasteiger partial charge on any atom is -0.383 e. The molecule has 8 heteroatoms. The molecule has 3 aromatic rings. The number of benzene rings is 3. The van der Waals surface area contributed by atoms with E-state index >= 15 is 0 Å². The Morgan fingerprint density at radius 2 is 1.78 bits per heavy atom. The van der Waals surface area contributed by atoms with Crippen LogP contribution in [0, 0.1) is 12.7 Å². The summed E-state index contributed by atoms with van der Waals surface area (Å²) in [4.78, 5) is 25.5. The smallest absolute Gasteiger partial charge is 0.251 e. The zero-order valence-electron chi connectivity index (χ0n) is 17.5. The number of amides is 1. The van der Waals surface area contributed by atoms with Gasteiger partial charge in [0, 0.05) is 41.1 Å². The van der Waals surface area contributed by atoms with Crippen LogP contribution in [0.4, 0.5) is 15.8 Å². The molecule has 0 atom stereocenters. The second-order valence-electron chi connectivity index (χ2n) is 7.05. The number of hydrogen-bond acceptors (Lipinski definition) is 4. The van der Waals surface area contributed by atoms with E-state index in [9.17, 15) is 14.0 Å². The van der Waals surface area contributed by atoms with E-state index < -0.39 is 5.82 Å². The summed E-state index contributed by atoms with van der Waals surface area (Å²) in [7, 11) is 1.55. The molecule has 5 nitrogen and oxygen atoms in total. The normalized spacial score (nSPS) is 10.7. The number of ketones is 1. The van der Waals surface area contributed by atoms with Gasteiger partial charge in [-0.3, -0.25) is 9.59 Å². The Morgan fingerprint density at radius 1 is 1.00 bits per heavy atom. The van der Waals surface area contributed by atoms with Crippen molar-refractivity contribution >= 4 is 46.3 Å². The van der Waals surface area contributed by atoms with E-state index in [1.54, 1.807) is 56.5 Å². The number of methoxy groups -OCH3 is 1. The average molecular weight is 475 g/mol. The van der Waals surface area contributed by atoms with Gasteiger partial charge in [-0.15, -0.1) is 0 Å². The van der Waals surface area contributed by atoms with E-state index in [1.807, 2.05) is 0 Å². The van der Waals surface area contributed by atoms with Crippen molar-refractivity contribution in [3.8, 4) is 0 Å². The molecule has 0 heterocycles. The zero-order valence-corrected chi connectivity index (χ0v) is 19.0. The number of anilines is 2. The lowest BCUT2D eigenvalue weighted by Crippen LogP contribution is -2.27. The molecule has 0 aliphatic rings. The van der Waals surface area contributed by atoms with E-state index in [-0.39, 0.29) is 33.0 Å². The van der Waals surface area contributed by atoms with Crippen LogP contribution < -0.4 is 10.6 Å². The van der Waals surface area contributed by atoms with Crippen LogP contribution in [0.25, 0.3) is 0 Å². The molecule has 0 spiro atoms. The Morgan fingerprint density at radius 3 is 2.47 bits per heavy atom. The predicted octanol–water partition coefficient (Wildman–Crippen LogP) is 5.79. The van der Waals surface area contributed by atoms with E-state index in [2.05, 4.69) is 10.6 Å². The molecule has 0 unspecified atom stereocenters. The molecule has 3 rings (SSSR count). The number of rotatable bonds is 8. The van der Waals surface area contributed by atoms with Crippen LogP contribution in [0.15, 0.2) is 54.6 Å². The first-order chi connectivity index (χ1) is 15.3. The Hall–Kier alpha value is -2.93. The molecule has 1 amide bonds. The highest BCUT2D eigenvalue weighted by molar-refractivity contribution is 6.35. The molecule has 0 saturated heterocycles. The summed E-state index contributed by atoms with van der Waals surface area (Å²) in [6, 6.07) is 13.9. The third kappa shape index (κ3) is 5.65. The van der Waals surface area contributed by atoms with Gasteiger partial charge < -0.3 is 15.4 Å². The highest BCUT2D eigenvalue weighted by Crippen LogP contribution is 2.28. The summed E-state index contributed by atoms with van der Waals surface area (Å²) in [5, 5.41) is 6.13. The SMILES string of the molecule is COCCNC(=O)c1ccc(C)c(C(=O)c2ccc(Nc3ccc(Cl)cc3F)cc2Cl)c1. The number of hydrogen-bond donors (Lipinski definition) is 2. The fourth-order valence-corrected chi connectivity index (χ4v) is 3.47. The van der Waals surface area contributed by atoms with Crippen LogP contribution in [0.2, 0.25) is 10.0 Å². The van der Waals surface area contributed by atoms with E-state index in [4.69, 9.17) is 27.9 Å². The summed E-state index contributed by atoms with van der Waals surface area (Å²) in [5.74, 6) is -1.13.